The summed E-state index contributed by atoms with van der Waals surface area (Å²) in [5.41, 5.74) is 2.79. The molecule has 0 spiro atoms. The molecule has 0 amide bonds. The fourth-order valence-corrected chi connectivity index (χ4v) is 4.35. The second-order valence-corrected chi connectivity index (χ2v) is 7.18. The molecule has 1 unspecified atom stereocenters. The molecule has 0 aliphatic carbocycles. The van der Waals surface area contributed by atoms with Gasteiger partial charge in [0.25, 0.3) is 0 Å². The first-order chi connectivity index (χ1) is 10.3. The van der Waals surface area contributed by atoms with E-state index < -0.39 is 0 Å². The predicted molar refractivity (Wildman–Crippen MR) is 89.7 cm³/mol. The van der Waals surface area contributed by atoms with Gasteiger partial charge in [0.15, 0.2) is 0 Å². The Labute approximate surface area is 134 Å². The third-order valence-electron chi connectivity index (χ3n) is 4.31. The summed E-state index contributed by atoms with van der Waals surface area (Å²) in [6, 6.07) is 15.3. The van der Waals surface area contributed by atoms with Crippen LogP contribution in [0.4, 0.5) is 5.69 Å². The van der Waals surface area contributed by atoms with Crippen molar-refractivity contribution in [3.63, 3.8) is 0 Å². The monoisotopic (exact) mass is 316 g/mol. The summed E-state index contributed by atoms with van der Waals surface area (Å²) in [6.07, 6.45) is 1.20. The maximum Gasteiger partial charge on any atom is 0.0521 e. The van der Waals surface area contributed by atoms with Crippen molar-refractivity contribution >= 4 is 29.1 Å². The molecule has 108 valence electrons. The van der Waals surface area contributed by atoms with Gasteiger partial charge in [-0.1, -0.05) is 35.5 Å². The highest BCUT2D eigenvalue weighted by Gasteiger charge is 2.34. The Hall–Kier alpha value is -1.16. The van der Waals surface area contributed by atoms with Crippen LogP contribution in [0.15, 0.2) is 52.3 Å². The maximum absolute atomic E-state index is 5.96. The van der Waals surface area contributed by atoms with E-state index >= 15 is 0 Å². The molecule has 1 saturated heterocycles. The molecule has 2 aliphatic rings. The molecule has 2 N–H and O–H groups in total. The van der Waals surface area contributed by atoms with Gasteiger partial charge in [0.2, 0.25) is 0 Å². The van der Waals surface area contributed by atoms with Crippen LogP contribution in [0.2, 0.25) is 5.02 Å². The van der Waals surface area contributed by atoms with Gasteiger partial charge in [-0.15, -0.1) is 0 Å². The summed E-state index contributed by atoms with van der Waals surface area (Å²) in [5, 5.41) is 8.05. The average molecular weight is 317 g/mol. The van der Waals surface area contributed by atoms with Crippen LogP contribution in [0.3, 0.4) is 0 Å². The minimum Gasteiger partial charge on any atom is -0.380 e. The Balaban J connectivity index is 1.66. The lowest BCUT2D eigenvalue weighted by Gasteiger charge is -2.26. The topological polar surface area (TPSA) is 24.1 Å². The van der Waals surface area contributed by atoms with Gasteiger partial charge >= 0.3 is 0 Å². The van der Waals surface area contributed by atoms with Crippen LogP contribution < -0.4 is 10.6 Å². The van der Waals surface area contributed by atoms with E-state index in [2.05, 4.69) is 41.0 Å². The molecule has 2 atom stereocenters. The van der Waals surface area contributed by atoms with Crippen LogP contribution in [0.1, 0.15) is 17.9 Å². The minimum atomic E-state index is 0.591. The smallest absolute Gasteiger partial charge is 0.0521 e. The van der Waals surface area contributed by atoms with Gasteiger partial charge in [-0.2, -0.15) is 0 Å². The molecule has 4 rings (SSSR count). The number of anilines is 1. The summed E-state index contributed by atoms with van der Waals surface area (Å²) < 4.78 is 0. The van der Waals surface area contributed by atoms with Gasteiger partial charge in [0.1, 0.15) is 0 Å². The number of fused-ring (bicyclic) bond motifs is 3. The van der Waals surface area contributed by atoms with Gasteiger partial charge in [-0.25, -0.2) is 0 Å². The summed E-state index contributed by atoms with van der Waals surface area (Å²) >= 11 is 7.77. The highest BCUT2D eigenvalue weighted by molar-refractivity contribution is 7.99. The molecule has 0 bridgehead atoms. The number of halogens is 1. The Morgan fingerprint density at radius 3 is 2.81 bits per heavy atom. The normalized spacial score (nSPS) is 23.3. The molecule has 2 aromatic carbocycles. The number of para-hydroxylation sites is 1. The molecule has 0 aromatic heterocycles. The fraction of sp³-hybridized carbons (Fsp3) is 0.294. The van der Waals surface area contributed by atoms with E-state index in [0.717, 1.165) is 18.1 Å². The molecule has 0 radical (unpaired) electrons. The first kappa shape index (κ1) is 13.5. The summed E-state index contributed by atoms with van der Waals surface area (Å²) in [7, 11) is 0. The van der Waals surface area contributed by atoms with Crippen molar-refractivity contribution in [1.29, 1.82) is 0 Å². The highest BCUT2D eigenvalue weighted by Crippen LogP contribution is 2.45. The summed E-state index contributed by atoms with van der Waals surface area (Å²) in [4.78, 5) is 2.53. The van der Waals surface area contributed by atoms with Crippen molar-refractivity contribution in [2.24, 2.45) is 0 Å². The van der Waals surface area contributed by atoms with Crippen LogP contribution in [0, 0.1) is 0 Å². The predicted octanol–water partition coefficient (Wildman–Crippen LogP) is 4.36. The third-order valence-corrected chi connectivity index (χ3v) is 5.63. The lowest BCUT2D eigenvalue weighted by Crippen LogP contribution is -2.38. The SMILES string of the molecule is Clc1ccc(Sc2cccc3c2N[C@H]2CCNCC32)cc1. The molecular formula is C17H17ClN2S. The van der Waals surface area contributed by atoms with Gasteiger partial charge in [-0.05, 0) is 48.9 Å². The molecule has 2 aliphatic heterocycles. The van der Waals surface area contributed by atoms with E-state index in [1.165, 1.54) is 27.5 Å². The zero-order chi connectivity index (χ0) is 14.2. The van der Waals surface area contributed by atoms with Crippen LogP contribution in [-0.4, -0.2) is 19.1 Å². The van der Waals surface area contributed by atoms with Crippen molar-refractivity contribution in [2.45, 2.75) is 28.2 Å². The van der Waals surface area contributed by atoms with Crippen molar-refractivity contribution in [2.75, 3.05) is 18.4 Å². The van der Waals surface area contributed by atoms with Crippen LogP contribution >= 0.6 is 23.4 Å². The molecular weight excluding hydrogens is 300 g/mol. The quantitative estimate of drug-likeness (QED) is 0.860. The highest BCUT2D eigenvalue weighted by atomic mass is 35.5. The van der Waals surface area contributed by atoms with Gasteiger partial charge in [-0.3, -0.25) is 0 Å². The number of hydrogen-bond acceptors (Lipinski definition) is 3. The first-order valence-electron chi connectivity index (χ1n) is 7.35. The van der Waals surface area contributed by atoms with Crippen LogP contribution in [0.25, 0.3) is 0 Å². The Kier molecular flexibility index (Phi) is 3.57. The van der Waals surface area contributed by atoms with Gasteiger partial charge in [0, 0.05) is 33.3 Å². The van der Waals surface area contributed by atoms with Crippen LogP contribution in [-0.2, 0) is 0 Å². The third kappa shape index (κ3) is 2.54. The fourth-order valence-electron chi connectivity index (χ4n) is 3.27. The van der Waals surface area contributed by atoms with E-state index in [1.807, 2.05) is 12.1 Å². The summed E-state index contributed by atoms with van der Waals surface area (Å²) in [6.45, 7) is 2.20. The number of nitrogens with one attached hydrogen (secondary N) is 2. The Morgan fingerprint density at radius 1 is 1.10 bits per heavy atom. The first-order valence-corrected chi connectivity index (χ1v) is 8.54. The molecule has 2 heterocycles. The second-order valence-electron chi connectivity index (χ2n) is 5.63. The standard InChI is InChI=1S/C17H17ClN2S/c18-11-4-6-12(7-5-11)21-16-3-1-2-13-14-10-19-9-8-15(14)20-17(13)16/h1-7,14-15,19-20H,8-10H2/t14?,15-/m0/s1. The zero-order valence-corrected chi connectivity index (χ0v) is 13.2. The van der Waals surface area contributed by atoms with E-state index in [4.69, 9.17) is 11.6 Å². The van der Waals surface area contributed by atoms with Gasteiger partial charge in [0.05, 0.1) is 5.69 Å². The van der Waals surface area contributed by atoms with E-state index in [1.54, 1.807) is 11.8 Å². The molecule has 2 aromatic rings. The molecule has 4 heteroatoms. The van der Waals surface area contributed by atoms with E-state index in [0.29, 0.717) is 12.0 Å². The van der Waals surface area contributed by atoms with E-state index in [9.17, 15) is 0 Å². The molecule has 0 saturated carbocycles. The molecule has 1 fully saturated rings. The molecule has 2 nitrogen and oxygen atoms in total. The zero-order valence-electron chi connectivity index (χ0n) is 11.6. The van der Waals surface area contributed by atoms with Crippen LogP contribution in [0.5, 0.6) is 0 Å². The Morgan fingerprint density at radius 2 is 1.95 bits per heavy atom. The average Bonchev–Trinajstić information content (AvgIpc) is 2.89. The number of hydrogen-bond donors (Lipinski definition) is 2. The lowest BCUT2D eigenvalue weighted by atomic mass is 9.91. The van der Waals surface area contributed by atoms with Crippen molar-refractivity contribution in [3.05, 3.63) is 53.1 Å². The largest absolute Gasteiger partial charge is 0.380 e. The Bertz CT molecular complexity index is 656. The number of rotatable bonds is 2. The number of benzene rings is 2. The van der Waals surface area contributed by atoms with Crippen molar-refractivity contribution in [1.82, 2.24) is 5.32 Å². The van der Waals surface area contributed by atoms with Crippen molar-refractivity contribution < 1.29 is 0 Å². The summed E-state index contributed by atoms with van der Waals surface area (Å²) in [5.74, 6) is 0.611. The molecule has 21 heavy (non-hydrogen) atoms. The second kappa shape index (κ2) is 5.56. The van der Waals surface area contributed by atoms with Crippen molar-refractivity contribution in [3.8, 4) is 0 Å². The maximum atomic E-state index is 5.96. The number of piperidine rings is 1. The van der Waals surface area contributed by atoms with E-state index in [-0.39, 0.29) is 0 Å². The lowest BCUT2D eigenvalue weighted by molar-refractivity contribution is 0.440. The minimum absolute atomic E-state index is 0.591. The van der Waals surface area contributed by atoms with Gasteiger partial charge < -0.3 is 10.6 Å².